The normalized spacial score (nSPS) is 11.0. The maximum absolute atomic E-state index is 12.6. The van der Waals surface area contributed by atoms with Crippen molar-refractivity contribution in [2.75, 3.05) is 0 Å². The fourth-order valence-corrected chi connectivity index (χ4v) is 1.21. The number of hydrogen-bond donors (Lipinski definition) is 1. The van der Waals surface area contributed by atoms with Crippen LogP contribution in [0.5, 0.6) is 0 Å². The Morgan fingerprint density at radius 1 is 1.33 bits per heavy atom. The summed E-state index contributed by atoms with van der Waals surface area (Å²) in [6, 6.07) is 5.94. The van der Waals surface area contributed by atoms with E-state index in [-0.39, 0.29) is 5.82 Å². The molecule has 1 aromatic carbocycles. The van der Waals surface area contributed by atoms with Crippen LogP contribution in [0, 0.1) is 5.82 Å². The van der Waals surface area contributed by atoms with E-state index in [4.69, 9.17) is 5.21 Å². The highest BCUT2D eigenvalue weighted by atomic mass is 19.1. The molecule has 0 bridgehead atoms. The van der Waals surface area contributed by atoms with Gasteiger partial charge in [-0.3, -0.25) is 0 Å². The summed E-state index contributed by atoms with van der Waals surface area (Å²) in [6.07, 6.45) is 4.49. The van der Waals surface area contributed by atoms with Gasteiger partial charge in [0.05, 0.1) is 18.1 Å². The van der Waals surface area contributed by atoms with Gasteiger partial charge in [0, 0.05) is 11.8 Å². The molecule has 0 saturated carbocycles. The Balaban J connectivity index is 2.33. The molecule has 0 saturated heterocycles. The lowest BCUT2D eigenvalue weighted by Crippen LogP contribution is -1.93. The predicted octanol–water partition coefficient (Wildman–Crippen LogP) is 1.82. The van der Waals surface area contributed by atoms with Gasteiger partial charge in [0.2, 0.25) is 0 Å². The van der Waals surface area contributed by atoms with Crippen molar-refractivity contribution in [3.8, 4) is 5.69 Å². The zero-order valence-corrected chi connectivity index (χ0v) is 7.71. The Morgan fingerprint density at radius 3 is 2.73 bits per heavy atom. The monoisotopic (exact) mass is 205 g/mol. The van der Waals surface area contributed by atoms with Crippen LogP contribution in [0.15, 0.2) is 41.8 Å². The molecular formula is C10H8FN3O. The Hall–Kier alpha value is -2.17. The molecule has 2 aromatic rings. The number of hydrogen-bond acceptors (Lipinski definition) is 3. The largest absolute Gasteiger partial charge is 0.411 e. The molecule has 1 aromatic heterocycles. The maximum Gasteiger partial charge on any atom is 0.123 e. The lowest BCUT2D eigenvalue weighted by atomic mass is 10.3. The van der Waals surface area contributed by atoms with Gasteiger partial charge in [-0.1, -0.05) is 5.16 Å². The van der Waals surface area contributed by atoms with Gasteiger partial charge in [0.25, 0.3) is 0 Å². The summed E-state index contributed by atoms with van der Waals surface area (Å²) in [5.41, 5.74) is 1.41. The van der Waals surface area contributed by atoms with Crippen LogP contribution < -0.4 is 0 Å². The third kappa shape index (κ3) is 2.01. The number of aromatic nitrogens is 2. The summed E-state index contributed by atoms with van der Waals surface area (Å²) in [5, 5.41) is 15.2. The first-order valence-corrected chi connectivity index (χ1v) is 4.27. The molecule has 5 heteroatoms. The highest BCUT2D eigenvalue weighted by Crippen LogP contribution is 2.08. The summed E-state index contributed by atoms with van der Waals surface area (Å²) in [4.78, 5) is 0. The van der Waals surface area contributed by atoms with Gasteiger partial charge in [-0.25, -0.2) is 9.07 Å². The second-order valence-electron chi connectivity index (χ2n) is 2.94. The van der Waals surface area contributed by atoms with E-state index in [1.54, 1.807) is 29.2 Å². The molecule has 4 nitrogen and oxygen atoms in total. The van der Waals surface area contributed by atoms with Crippen LogP contribution in [-0.4, -0.2) is 21.2 Å². The van der Waals surface area contributed by atoms with Gasteiger partial charge >= 0.3 is 0 Å². The van der Waals surface area contributed by atoms with Gasteiger partial charge in [-0.05, 0) is 24.3 Å². The zero-order valence-electron chi connectivity index (χ0n) is 7.71. The van der Waals surface area contributed by atoms with Crippen LogP contribution in [0.25, 0.3) is 5.69 Å². The summed E-state index contributed by atoms with van der Waals surface area (Å²) in [5.74, 6) is -0.289. The molecule has 15 heavy (non-hydrogen) atoms. The van der Waals surface area contributed by atoms with E-state index < -0.39 is 0 Å². The first kappa shape index (κ1) is 9.39. The lowest BCUT2D eigenvalue weighted by molar-refractivity contribution is 0.322. The molecule has 0 aliphatic heterocycles. The first-order chi connectivity index (χ1) is 7.29. The number of halogens is 1. The summed E-state index contributed by atoms with van der Waals surface area (Å²) < 4.78 is 14.2. The van der Waals surface area contributed by atoms with Gasteiger partial charge in [0.15, 0.2) is 0 Å². The zero-order chi connectivity index (χ0) is 10.7. The molecule has 1 N–H and O–H groups in total. The molecule has 0 unspecified atom stereocenters. The number of rotatable bonds is 2. The minimum Gasteiger partial charge on any atom is -0.411 e. The van der Waals surface area contributed by atoms with Crippen molar-refractivity contribution in [3.63, 3.8) is 0 Å². The molecule has 0 amide bonds. The SMILES string of the molecule is O/N=C/c1cnn(-c2ccc(F)cc2)c1. The second-order valence-corrected chi connectivity index (χ2v) is 2.94. The van der Waals surface area contributed by atoms with E-state index >= 15 is 0 Å². The quantitative estimate of drug-likeness (QED) is 0.462. The van der Waals surface area contributed by atoms with Gasteiger partial charge < -0.3 is 5.21 Å². The van der Waals surface area contributed by atoms with Crippen molar-refractivity contribution in [1.82, 2.24) is 9.78 Å². The Bertz CT molecular complexity index is 476. The average Bonchev–Trinajstić information content (AvgIpc) is 2.68. The number of oxime groups is 1. The topological polar surface area (TPSA) is 50.4 Å². The summed E-state index contributed by atoms with van der Waals surface area (Å²) in [6.45, 7) is 0. The summed E-state index contributed by atoms with van der Waals surface area (Å²) in [7, 11) is 0. The Kier molecular flexibility index (Phi) is 2.45. The van der Waals surface area contributed by atoms with Crippen LogP contribution in [-0.2, 0) is 0 Å². The maximum atomic E-state index is 12.6. The van der Waals surface area contributed by atoms with Crippen LogP contribution >= 0.6 is 0 Å². The van der Waals surface area contributed by atoms with Gasteiger partial charge in [0.1, 0.15) is 5.82 Å². The van der Waals surface area contributed by atoms with E-state index in [1.807, 2.05) is 0 Å². The van der Waals surface area contributed by atoms with Crippen LogP contribution in [0.1, 0.15) is 5.56 Å². The Morgan fingerprint density at radius 2 is 2.07 bits per heavy atom. The van der Waals surface area contributed by atoms with E-state index in [0.717, 1.165) is 5.69 Å². The number of benzene rings is 1. The molecule has 0 radical (unpaired) electrons. The van der Waals surface area contributed by atoms with Crippen LogP contribution in [0.2, 0.25) is 0 Å². The second kappa shape index (κ2) is 3.91. The highest BCUT2D eigenvalue weighted by Gasteiger charge is 1.99. The molecule has 0 atom stereocenters. The first-order valence-electron chi connectivity index (χ1n) is 4.27. The van der Waals surface area contributed by atoms with Crippen LogP contribution in [0.3, 0.4) is 0 Å². The van der Waals surface area contributed by atoms with Crippen molar-refractivity contribution in [2.24, 2.45) is 5.16 Å². The average molecular weight is 205 g/mol. The van der Waals surface area contributed by atoms with E-state index in [1.165, 1.54) is 18.3 Å². The fourth-order valence-electron chi connectivity index (χ4n) is 1.21. The molecule has 76 valence electrons. The third-order valence-electron chi connectivity index (χ3n) is 1.90. The van der Waals surface area contributed by atoms with Crippen molar-refractivity contribution >= 4 is 6.21 Å². The van der Waals surface area contributed by atoms with Gasteiger partial charge in [-0.2, -0.15) is 5.10 Å². The van der Waals surface area contributed by atoms with Crippen molar-refractivity contribution < 1.29 is 9.60 Å². The molecule has 0 spiro atoms. The number of nitrogens with zero attached hydrogens (tertiary/aromatic N) is 3. The summed E-state index contributed by atoms with van der Waals surface area (Å²) >= 11 is 0. The highest BCUT2D eigenvalue weighted by molar-refractivity contribution is 5.78. The van der Waals surface area contributed by atoms with Gasteiger partial charge in [-0.15, -0.1) is 0 Å². The predicted molar refractivity (Wildman–Crippen MR) is 52.9 cm³/mol. The molecule has 0 fully saturated rings. The smallest absolute Gasteiger partial charge is 0.123 e. The van der Waals surface area contributed by atoms with E-state index in [9.17, 15) is 4.39 Å². The van der Waals surface area contributed by atoms with Crippen molar-refractivity contribution in [1.29, 1.82) is 0 Å². The molecule has 1 heterocycles. The van der Waals surface area contributed by atoms with Crippen molar-refractivity contribution in [2.45, 2.75) is 0 Å². The molecule has 0 aliphatic rings. The van der Waals surface area contributed by atoms with Crippen LogP contribution in [0.4, 0.5) is 4.39 Å². The molecule has 0 aliphatic carbocycles. The van der Waals surface area contributed by atoms with E-state index in [0.29, 0.717) is 5.56 Å². The minimum absolute atomic E-state index is 0.289. The lowest BCUT2D eigenvalue weighted by Gasteiger charge is -1.99. The third-order valence-corrected chi connectivity index (χ3v) is 1.90. The Labute approximate surface area is 85.3 Å². The minimum atomic E-state index is -0.289. The van der Waals surface area contributed by atoms with E-state index in [2.05, 4.69) is 10.3 Å². The fraction of sp³-hybridized carbons (Fsp3) is 0. The van der Waals surface area contributed by atoms with Crippen molar-refractivity contribution in [3.05, 3.63) is 48.0 Å². The molecular weight excluding hydrogens is 197 g/mol. The molecule has 2 rings (SSSR count). The standard InChI is InChI=1S/C10H8FN3O/c11-9-1-3-10(4-2-9)14-7-8(5-12-14)6-13-15/h1-7,15H/b13-6+.